The van der Waals surface area contributed by atoms with E-state index in [0.29, 0.717) is 6.42 Å². The standard InChI is InChI=1S/C20H18N2O2/c1-24-19-10-9-17-11-16(7-8-18(17)13-19)14-21-22-20(23)12-15-5-3-2-4-6-15/h2-11,13-14H,12H2,1H3,(H,22,23)/b21-14+. The van der Waals surface area contributed by atoms with Crippen LogP contribution in [0, 0.1) is 0 Å². The van der Waals surface area contributed by atoms with Crippen LogP contribution < -0.4 is 10.2 Å². The van der Waals surface area contributed by atoms with Crippen molar-refractivity contribution >= 4 is 22.9 Å². The molecule has 0 radical (unpaired) electrons. The summed E-state index contributed by atoms with van der Waals surface area (Å²) in [5.41, 5.74) is 4.44. The molecule has 1 N–H and O–H groups in total. The minimum Gasteiger partial charge on any atom is -0.497 e. The van der Waals surface area contributed by atoms with Crippen LogP contribution in [0.5, 0.6) is 5.75 Å². The predicted molar refractivity (Wildman–Crippen MR) is 96.4 cm³/mol. The van der Waals surface area contributed by atoms with Crippen molar-refractivity contribution in [3.63, 3.8) is 0 Å². The summed E-state index contributed by atoms with van der Waals surface area (Å²) in [6.07, 6.45) is 1.96. The average Bonchev–Trinajstić information content (AvgIpc) is 2.62. The molecule has 24 heavy (non-hydrogen) atoms. The number of benzene rings is 3. The van der Waals surface area contributed by atoms with E-state index in [1.807, 2.05) is 66.7 Å². The molecule has 3 rings (SSSR count). The molecule has 0 fully saturated rings. The number of methoxy groups -OCH3 is 1. The molecule has 0 saturated carbocycles. The van der Waals surface area contributed by atoms with Crippen LogP contribution in [0.1, 0.15) is 11.1 Å². The molecule has 0 aliphatic carbocycles. The Labute approximate surface area is 140 Å². The van der Waals surface area contributed by atoms with E-state index >= 15 is 0 Å². The van der Waals surface area contributed by atoms with Gasteiger partial charge in [-0.25, -0.2) is 5.43 Å². The molecular formula is C20H18N2O2. The van der Waals surface area contributed by atoms with E-state index in [0.717, 1.165) is 27.6 Å². The maximum absolute atomic E-state index is 11.8. The first kappa shape index (κ1) is 15.7. The van der Waals surface area contributed by atoms with Gasteiger partial charge in [-0.3, -0.25) is 4.79 Å². The Bertz CT molecular complexity index is 873. The Morgan fingerprint density at radius 3 is 2.58 bits per heavy atom. The Hall–Kier alpha value is -3.14. The van der Waals surface area contributed by atoms with Crippen LogP contribution in [-0.2, 0) is 11.2 Å². The second-order valence-electron chi connectivity index (χ2n) is 5.43. The molecule has 0 unspecified atom stereocenters. The van der Waals surface area contributed by atoms with E-state index in [1.54, 1.807) is 13.3 Å². The maximum Gasteiger partial charge on any atom is 0.244 e. The van der Waals surface area contributed by atoms with Gasteiger partial charge in [-0.2, -0.15) is 5.10 Å². The smallest absolute Gasteiger partial charge is 0.244 e. The second-order valence-corrected chi connectivity index (χ2v) is 5.43. The minimum atomic E-state index is -0.136. The number of amides is 1. The molecule has 0 spiro atoms. The number of hydrogen-bond donors (Lipinski definition) is 1. The van der Waals surface area contributed by atoms with E-state index in [-0.39, 0.29) is 5.91 Å². The van der Waals surface area contributed by atoms with Crippen LogP contribution in [0.25, 0.3) is 10.8 Å². The number of fused-ring (bicyclic) bond motifs is 1. The fourth-order valence-corrected chi connectivity index (χ4v) is 2.45. The Morgan fingerprint density at radius 2 is 1.79 bits per heavy atom. The van der Waals surface area contributed by atoms with Crippen molar-refractivity contribution in [3.05, 3.63) is 77.9 Å². The monoisotopic (exact) mass is 318 g/mol. The summed E-state index contributed by atoms with van der Waals surface area (Å²) < 4.78 is 5.22. The molecule has 0 aromatic heterocycles. The third-order valence-electron chi connectivity index (χ3n) is 3.68. The highest BCUT2D eigenvalue weighted by atomic mass is 16.5. The highest BCUT2D eigenvalue weighted by molar-refractivity contribution is 5.91. The number of hydrazone groups is 1. The van der Waals surface area contributed by atoms with Crippen LogP contribution in [0.2, 0.25) is 0 Å². The van der Waals surface area contributed by atoms with Crippen molar-refractivity contribution in [3.8, 4) is 5.75 Å². The van der Waals surface area contributed by atoms with Crippen molar-refractivity contribution in [2.24, 2.45) is 5.10 Å². The van der Waals surface area contributed by atoms with Gasteiger partial charge in [0.2, 0.25) is 5.91 Å². The SMILES string of the molecule is COc1ccc2cc(/C=N/NC(=O)Cc3ccccc3)ccc2c1. The number of carbonyl (C=O) groups excluding carboxylic acids is 1. The normalized spacial score (nSPS) is 10.9. The third kappa shape index (κ3) is 3.98. The van der Waals surface area contributed by atoms with E-state index in [4.69, 9.17) is 4.74 Å². The molecule has 0 saturated heterocycles. The number of nitrogens with zero attached hydrogens (tertiary/aromatic N) is 1. The molecule has 4 heteroatoms. The first-order valence-corrected chi connectivity index (χ1v) is 7.68. The first-order valence-electron chi connectivity index (χ1n) is 7.68. The van der Waals surface area contributed by atoms with Gasteiger partial charge in [0.15, 0.2) is 0 Å². The quantitative estimate of drug-likeness (QED) is 0.578. The summed E-state index contributed by atoms with van der Waals surface area (Å²) >= 11 is 0. The van der Waals surface area contributed by atoms with Crippen LogP contribution in [0.4, 0.5) is 0 Å². The minimum absolute atomic E-state index is 0.136. The van der Waals surface area contributed by atoms with Crippen molar-refractivity contribution in [2.45, 2.75) is 6.42 Å². The Balaban J connectivity index is 1.64. The van der Waals surface area contributed by atoms with Gasteiger partial charge in [0.25, 0.3) is 0 Å². The molecule has 120 valence electrons. The average molecular weight is 318 g/mol. The Morgan fingerprint density at radius 1 is 1.04 bits per heavy atom. The predicted octanol–water partition coefficient (Wildman–Crippen LogP) is 3.54. The van der Waals surface area contributed by atoms with E-state index in [1.165, 1.54) is 0 Å². The van der Waals surface area contributed by atoms with Crippen molar-refractivity contribution in [1.29, 1.82) is 0 Å². The van der Waals surface area contributed by atoms with Crippen molar-refractivity contribution < 1.29 is 9.53 Å². The van der Waals surface area contributed by atoms with Crippen LogP contribution in [0.3, 0.4) is 0 Å². The zero-order valence-electron chi connectivity index (χ0n) is 13.4. The molecule has 0 aliphatic rings. The fraction of sp³-hybridized carbons (Fsp3) is 0.100. The summed E-state index contributed by atoms with van der Waals surface area (Å²) in [6, 6.07) is 21.5. The van der Waals surface area contributed by atoms with E-state index in [9.17, 15) is 4.79 Å². The van der Waals surface area contributed by atoms with Gasteiger partial charge in [0.05, 0.1) is 19.7 Å². The number of hydrogen-bond acceptors (Lipinski definition) is 3. The van der Waals surface area contributed by atoms with Gasteiger partial charge in [-0.1, -0.05) is 48.5 Å². The van der Waals surface area contributed by atoms with Gasteiger partial charge in [-0.15, -0.1) is 0 Å². The topological polar surface area (TPSA) is 50.7 Å². The van der Waals surface area contributed by atoms with Crippen LogP contribution in [0.15, 0.2) is 71.8 Å². The fourth-order valence-electron chi connectivity index (χ4n) is 2.45. The molecular weight excluding hydrogens is 300 g/mol. The summed E-state index contributed by atoms with van der Waals surface area (Å²) in [5.74, 6) is 0.695. The maximum atomic E-state index is 11.8. The molecule has 0 atom stereocenters. The van der Waals surface area contributed by atoms with Crippen LogP contribution in [-0.4, -0.2) is 19.2 Å². The van der Waals surface area contributed by atoms with Gasteiger partial charge in [-0.05, 0) is 40.1 Å². The van der Waals surface area contributed by atoms with Crippen LogP contribution >= 0.6 is 0 Å². The lowest BCUT2D eigenvalue weighted by molar-refractivity contribution is -0.120. The molecule has 4 nitrogen and oxygen atoms in total. The zero-order chi connectivity index (χ0) is 16.8. The molecule has 1 amide bonds. The van der Waals surface area contributed by atoms with Crippen molar-refractivity contribution in [2.75, 3.05) is 7.11 Å². The highest BCUT2D eigenvalue weighted by Crippen LogP contribution is 2.21. The number of nitrogens with one attached hydrogen (secondary N) is 1. The van der Waals surface area contributed by atoms with E-state index < -0.39 is 0 Å². The highest BCUT2D eigenvalue weighted by Gasteiger charge is 2.01. The molecule has 3 aromatic carbocycles. The Kier molecular flexibility index (Phi) is 4.87. The lowest BCUT2D eigenvalue weighted by Crippen LogP contribution is -2.19. The van der Waals surface area contributed by atoms with Gasteiger partial charge < -0.3 is 4.74 Å². The molecule has 3 aromatic rings. The van der Waals surface area contributed by atoms with Gasteiger partial charge in [0, 0.05) is 0 Å². The van der Waals surface area contributed by atoms with Crippen molar-refractivity contribution in [1.82, 2.24) is 5.43 Å². The lowest BCUT2D eigenvalue weighted by atomic mass is 10.1. The zero-order valence-corrected chi connectivity index (χ0v) is 13.4. The third-order valence-corrected chi connectivity index (χ3v) is 3.68. The van der Waals surface area contributed by atoms with E-state index in [2.05, 4.69) is 10.5 Å². The summed E-state index contributed by atoms with van der Waals surface area (Å²) in [7, 11) is 1.65. The second kappa shape index (κ2) is 7.42. The molecule has 0 heterocycles. The molecule has 0 aliphatic heterocycles. The number of ether oxygens (including phenoxy) is 1. The first-order chi connectivity index (χ1) is 11.7. The van der Waals surface area contributed by atoms with Gasteiger partial charge in [0.1, 0.15) is 5.75 Å². The lowest BCUT2D eigenvalue weighted by Gasteiger charge is -2.03. The summed E-state index contributed by atoms with van der Waals surface area (Å²) in [6.45, 7) is 0. The van der Waals surface area contributed by atoms with Gasteiger partial charge >= 0.3 is 0 Å². The number of carbonyl (C=O) groups is 1. The molecule has 0 bridgehead atoms. The number of rotatable bonds is 5. The summed E-state index contributed by atoms with van der Waals surface area (Å²) in [5, 5.41) is 6.22. The summed E-state index contributed by atoms with van der Waals surface area (Å²) in [4.78, 5) is 11.8. The largest absolute Gasteiger partial charge is 0.497 e.